The van der Waals surface area contributed by atoms with E-state index in [4.69, 9.17) is 0 Å². The zero-order chi connectivity index (χ0) is 19.8. The molecule has 0 radical (unpaired) electrons. The first-order valence-corrected chi connectivity index (χ1v) is 10.1. The normalized spacial score (nSPS) is 15.8. The Labute approximate surface area is 167 Å². The van der Waals surface area contributed by atoms with Gasteiger partial charge in [-0.2, -0.15) is 0 Å². The van der Waals surface area contributed by atoms with Gasteiger partial charge in [-0.1, -0.05) is 55.5 Å². The van der Waals surface area contributed by atoms with Crippen molar-refractivity contribution in [2.75, 3.05) is 32.7 Å². The van der Waals surface area contributed by atoms with Crippen LogP contribution in [0.3, 0.4) is 0 Å². The van der Waals surface area contributed by atoms with Crippen LogP contribution in [-0.4, -0.2) is 54.3 Å². The Morgan fingerprint density at radius 2 is 1.54 bits per heavy atom. The Hall–Kier alpha value is -2.66. The van der Waals surface area contributed by atoms with Crippen molar-refractivity contribution in [2.24, 2.45) is 0 Å². The maximum Gasteiger partial charge on any atom is 0.251 e. The number of nitrogens with one attached hydrogen (secondary N) is 1. The topological polar surface area (TPSA) is 52.6 Å². The molecule has 148 valence electrons. The van der Waals surface area contributed by atoms with Crippen LogP contribution in [0.25, 0.3) is 0 Å². The van der Waals surface area contributed by atoms with E-state index in [9.17, 15) is 9.59 Å². The second-order valence-electron chi connectivity index (χ2n) is 7.23. The molecular weight excluding hydrogens is 350 g/mol. The fourth-order valence-corrected chi connectivity index (χ4v) is 3.61. The molecule has 0 aromatic heterocycles. The van der Waals surface area contributed by atoms with Crippen LogP contribution in [0.1, 0.15) is 41.7 Å². The fourth-order valence-electron chi connectivity index (χ4n) is 3.61. The monoisotopic (exact) mass is 379 g/mol. The van der Waals surface area contributed by atoms with Crippen LogP contribution < -0.4 is 5.32 Å². The fraction of sp³-hybridized carbons (Fsp3) is 0.391. The average molecular weight is 380 g/mol. The van der Waals surface area contributed by atoms with Crippen molar-refractivity contribution in [3.63, 3.8) is 0 Å². The van der Waals surface area contributed by atoms with E-state index in [1.165, 1.54) is 0 Å². The van der Waals surface area contributed by atoms with Gasteiger partial charge in [-0.3, -0.25) is 14.5 Å². The molecule has 1 heterocycles. The van der Waals surface area contributed by atoms with Crippen molar-refractivity contribution in [3.8, 4) is 0 Å². The van der Waals surface area contributed by atoms with E-state index in [2.05, 4.69) is 17.1 Å². The minimum Gasteiger partial charge on any atom is -0.345 e. The second kappa shape index (κ2) is 10.0. The van der Waals surface area contributed by atoms with Gasteiger partial charge in [0.25, 0.3) is 5.91 Å². The third kappa shape index (κ3) is 5.42. The molecule has 1 atom stereocenters. The van der Waals surface area contributed by atoms with Crippen LogP contribution in [0, 0.1) is 0 Å². The van der Waals surface area contributed by atoms with Crippen molar-refractivity contribution in [2.45, 2.75) is 25.8 Å². The number of hydrogen-bond acceptors (Lipinski definition) is 3. The number of carbonyl (C=O) groups is 2. The van der Waals surface area contributed by atoms with E-state index in [0.29, 0.717) is 5.56 Å². The lowest BCUT2D eigenvalue weighted by molar-refractivity contribution is -0.133. The molecular formula is C23H29N3O2. The Bertz CT molecular complexity index is 756. The summed E-state index contributed by atoms with van der Waals surface area (Å²) in [5.74, 6) is -0.0617. The SMILES string of the molecule is CCCN1CCN(C(=O)C[C@@H](NC(=O)c2ccccc2)c2ccccc2)CC1. The van der Waals surface area contributed by atoms with Gasteiger partial charge in [0.05, 0.1) is 12.5 Å². The molecule has 2 aromatic rings. The number of piperazine rings is 1. The summed E-state index contributed by atoms with van der Waals surface area (Å²) in [4.78, 5) is 29.9. The van der Waals surface area contributed by atoms with Gasteiger partial charge in [-0.15, -0.1) is 0 Å². The lowest BCUT2D eigenvalue weighted by atomic mass is 10.0. The second-order valence-corrected chi connectivity index (χ2v) is 7.23. The van der Waals surface area contributed by atoms with Gasteiger partial charge in [0, 0.05) is 31.7 Å². The molecule has 3 rings (SSSR count). The molecule has 0 aliphatic carbocycles. The van der Waals surface area contributed by atoms with Gasteiger partial charge >= 0.3 is 0 Å². The van der Waals surface area contributed by atoms with E-state index in [0.717, 1.165) is 44.7 Å². The van der Waals surface area contributed by atoms with Gasteiger partial charge < -0.3 is 10.2 Å². The summed E-state index contributed by atoms with van der Waals surface area (Å²) in [6.45, 7) is 6.62. The molecule has 0 spiro atoms. The zero-order valence-electron chi connectivity index (χ0n) is 16.5. The van der Waals surface area contributed by atoms with Crippen molar-refractivity contribution in [3.05, 3.63) is 71.8 Å². The number of carbonyl (C=O) groups excluding carboxylic acids is 2. The smallest absolute Gasteiger partial charge is 0.251 e. The number of amides is 2. The Balaban J connectivity index is 1.66. The largest absolute Gasteiger partial charge is 0.345 e. The van der Waals surface area contributed by atoms with Crippen LogP contribution in [0.5, 0.6) is 0 Å². The molecule has 0 bridgehead atoms. The molecule has 1 aliphatic rings. The Morgan fingerprint density at radius 3 is 2.14 bits per heavy atom. The number of rotatable bonds is 7. The first-order chi connectivity index (χ1) is 13.7. The van der Waals surface area contributed by atoms with Crippen molar-refractivity contribution in [1.29, 1.82) is 0 Å². The van der Waals surface area contributed by atoms with E-state index in [-0.39, 0.29) is 24.3 Å². The summed E-state index contributed by atoms with van der Waals surface area (Å²) in [7, 11) is 0. The summed E-state index contributed by atoms with van der Waals surface area (Å²) in [5, 5.41) is 3.05. The number of nitrogens with zero attached hydrogens (tertiary/aromatic N) is 2. The van der Waals surface area contributed by atoms with E-state index >= 15 is 0 Å². The highest BCUT2D eigenvalue weighted by atomic mass is 16.2. The maximum absolute atomic E-state index is 12.9. The molecule has 0 saturated carbocycles. The van der Waals surface area contributed by atoms with Crippen LogP contribution in [0.4, 0.5) is 0 Å². The quantitative estimate of drug-likeness (QED) is 0.804. The zero-order valence-corrected chi connectivity index (χ0v) is 16.5. The summed E-state index contributed by atoms with van der Waals surface area (Å²) in [5.41, 5.74) is 1.55. The molecule has 1 N–H and O–H groups in total. The lowest BCUT2D eigenvalue weighted by Crippen LogP contribution is -2.49. The molecule has 1 saturated heterocycles. The van der Waals surface area contributed by atoms with Gasteiger partial charge in [0.15, 0.2) is 0 Å². The average Bonchev–Trinajstić information content (AvgIpc) is 2.75. The predicted molar refractivity (Wildman–Crippen MR) is 111 cm³/mol. The summed E-state index contributed by atoms with van der Waals surface area (Å²) in [6.07, 6.45) is 1.41. The minimum atomic E-state index is -0.338. The third-order valence-corrected chi connectivity index (χ3v) is 5.19. The van der Waals surface area contributed by atoms with Gasteiger partial charge in [0.1, 0.15) is 0 Å². The van der Waals surface area contributed by atoms with Crippen LogP contribution >= 0.6 is 0 Å². The van der Waals surface area contributed by atoms with E-state index in [1.54, 1.807) is 12.1 Å². The maximum atomic E-state index is 12.9. The highest BCUT2D eigenvalue weighted by molar-refractivity contribution is 5.94. The molecule has 2 amide bonds. The summed E-state index contributed by atoms with van der Waals surface area (Å²) in [6, 6.07) is 18.5. The predicted octanol–water partition coefficient (Wildman–Crippen LogP) is 3.10. The van der Waals surface area contributed by atoms with Crippen molar-refractivity contribution < 1.29 is 9.59 Å². The first kappa shape index (κ1) is 20.1. The number of hydrogen-bond donors (Lipinski definition) is 1. The molecule has 1 fully saturated rings. The van der Waals surface area contributed by atoms with Crippen molar-refractivity contribution in [1.82, 2.24) is 15.1 Å². The molecule has 1 aliphatic heterocycles. The number of benzene rings is 2. The molecule has 5 heteroatoms. The Morgan fingerprint density at radius 1 is 0.929 bits per heavy atom. The third-order valence-electron chi connectivity index (χ3n) is 5.19. The van der Waals surface area contributed by atoms with Gasteiger partial charge in [-0.05, 0) is 30.7 Å². The van der Waals surface area contributed by atoms with Crippen LogP contribution in [-0.2, 0) is 4.79 Å². The lowest BCUT2D eigenvalue weighted by Gasteiger charge is -2.35. The highest BCUT2D eigenvalue weighted by Crippen LogP contribution is 2.19. The molecule has 5 nitrogen and oxygen atoms in total. The Kier molecular flexibility index (Phi) is 7.20. The highest BCUT2D eigenvalue weighted by Gasteiger charge is 2.25. The molecule has 0 unspecified atom stereocenters. The minimum absolute atomic E-state index is 0.0957. The summed E-state index contributed by atoms with van der Waals surface area (Å²) >= 11 is 0. The molecule has 28 heavy (non-hydrogen) atoms. The first-order valence-electron chi connectivity index (χ1n) is 10.1. The van der Waals surface area contributed by atoms with Crippen LogP contribution in [0.2, 0.25) is 0 Å². The molecule has 2 aromatic carbocycles. The van der Waals surface area contributed by atoms with Gasteiger partial charge in [0.2, 0.25) is 5.91 Å². The standard InChI is InChI=1S/C23H29N3O2/c1-2-13-25-14-16-26(17-15-25)22(27)18-21(19-9-5-3-6-10-19)24-23(28)20-11-7-4-8-12-20/h3-12,21H,2,13-18H2,1H3,(H,24,28)/t21-/m1/s1. The van der Waals surface area contributed by atoms with E-state index in [1.807, 2.05) is 53.4 Å². The van der Waals surface area contributed by atoms with E-state index < -0.39 is 0 Å². The summed E-state index contributed by atoms with van der Waals surface area (Å²) < 4.78 is 0. The van der Waals surface area contributed by atoms with Crippen molar-refractivity contribution >= 4 is 11.8 Å². The van der Waals surface area contributed by atoms with Crippen LogP contribution in [0.15, 0.2) is 60.7 Å². The van der Waals surface area contributed by atoms with Gasteiger partial charge in [-0.25, -0.2) is 0 Å².